The number of rotatable bonds is 5. The van der Waals surface area contributed by atoms with E-state index in [9.17, 15) is 19.2 Å². The number of Topliss-reactive ketones (excluding diaryl/α,β-unsaturated/α-hetero) is 2. The van der Waals surface area contributed by atoms with Crippen LogP contribution in [-0.4, -0.2) is 28.5 Å². The minimum atomic E-state index is -1.25. The van der Waals surface area contributed by atoms with E-state index < -0.39 is 23.4 Å². The van der Waals surface area contributed by atoms with Gasteiger partial charge in [-0.2, -0.15) is 0 Å². The van der Waals surface area contributed by atoms with Crippen molar-refractivity contribution in [1.82, 2.24) is 0 Å². The van der Waals surface area contributed by atoms with E-state index in [0.29, 0.717) is 0 Å². The van der Waals surface area contributed by atoms with E-state index >= 15 is 0 Å². The fraction of sp³-hybridized carbons (Fsp3) is 0.0588. The van der Waals surface area contributed by atoms with Gasteiger partial charge in [-0.3, -0.25) is 14.4 Å². The highest BCUT2D eigenvalue weighted by Gasteiger charge is 2.26. The lowest BCUT2D eigenvalue weighted by atomic mass is 9.91. The number of amides is 1. The lowest BCUT2D eigenvalue weighted by Crippen LogP contribution is -2.23. The fourth-order valence-corrected chi connectivity index (χ4v) is 2.29. The van der Waals surface area contributed by atoms with Crippen molar-refractivity contribution >= 4 is 23.4 Å². The zero-order chi connectivity index (χ0) is 17.1. The van der Waals surface area contributed by atoms with Crippen LogP contribution in [-0.2, 0) is 0 Å². The number of carbonyl (C=O) groups excluding carboxylic acids is 3. The van der Waals surface area contributed by atoms with Gasteiger partial charge in [0.05, 0.1) is 11.1 Å². The Hall–Kier alpha value is -3.28. The zero-order valence-electron chi connectivity index (χ0n) is 12.2. The van der Waals surface area contributed by atoms with Crippen LogP contribution < -0.4 is 5.73 Å². The van der Waals surface area contributed by atoms with E-state index in [1.807, 2.05) is 0 Å². The molecule has 0 fully saturated rings. The third-order valence-corrected chi connectivity index (χ3v) is 3.43. The van der Waals surface area contributed by atoms with Crippen molar-refractivity contribution in [3.05, 3.63) is 70.3 Å². The number of aromatic carboxylic acids is 1. The van der Waals surface area contributed by atoms with Gasteiger partial charge >= 0.3 is 5.97 Å². The number of carbonyl (C=O) groups is 4. The lowest BCUT2D eigenvalue weighted by molar-refractivity contribution is 0.0695. The summed E-state index contributed by atoms with van der Waals surface area (Å²) in [4.78, 5) is 47.4. The summed E-state index contributed by atoms with van der Waals surface area (Å²) in [7, 11) is 0. The molecule has 6 heteroatoms. The molecule has 0 bridgehead atoms. The standard InChI is InChI=1S/C17H13NO5/c1-9-11(17(22)23)7-8-12(13(9)16(18)21)15(20)14(19)10-5-3-2-4-6-10/h2-8H,1H3,(H2,18,21)(H,22,23). The molecule has 0 aliphatic carbocycles. The van der Waals surface area contributed by atoms with E-state index in [0.717, 1.165) is 6.07 Å². The quantitative estimate of drug-likeness (QED) is 0.646. The zero-order valence-corrected chi connectivity index (χ0v) is 12.2. The number of carboxylic acids is 1. The summed E-state index contributed by atoms with van der Waals surface area (Å²) >= 11 is 0. The van der Waals surface area contributed by atoms with Crippen LogP contribution in [0.25, 0.3) is 0 Å². The number of hydrogen-bond donors (Lipinski definition) is 2. The molecule has 0 saturated carbocycles. The van der Waals surface area contributed by atoms with Crippen LogP contribution in [0.5, 0.6) is 0 Å². The van der Waals surface area contributed by atoms with Gasteiger partial charge in [0.25, 0.3) is 0 Å². The Balaban J connectivity index is 2.57. The van der Waals surface area contributed by atoms with Gasteiger partial charge in [0.15, 0.2) is 0 Å². The fourth-order valence-electron chi connectivity index (χ4n) is 2.29. The first-order valence-electron chi connectivity index (χ1n) is 6.65. The number of benzene rings is 2. The summed E-state index contributed by atoms with van der Waals surface area (Å²) in [6.07, 6.45) is 0. The molecule has 0 aromatic heterocycles. The molecular weight excluding hydrogens is 298 g/mol. The Morgan fingerprint density at radius 3 is 1.96 bits per heavy atom. The van der Waals surface area contributed by atoms with Crippen molar-refractivity contribution in [2.75, 3.05) is 0 Å². The molecule has 0 heterocycles. The third-order valence-electron chi connectivity index (χ3n) is 3.43. The molecule has 2 aromatic rings. The molecule has 2 aromatic carbocycles. The smallest absolute Gasteiger partial charge is 0.335 e. The van der Waals surface area contributed by atoms with Gasteiger partial charge in [-0.1, -0.05) is 30.3 Å². The average molecular weight is 311 g/mol. The van der Waals surface area contributed by atoms with Crippen LogP contribution in [0.4, 0.5) is 0 Å². The van der Waals surface area contributed by atoms with Crippen LogP contribution in [0.15, 0.2) is 42.5 Å². The molecule has 0 unspecified atom stereocenters. The molecule has 0 radical (unpaired) electrons. The van der Waals surface area contributed by atoms with Gasteiger partial charge in [0.1, 0.15) is 0 Å². The molecule has 2 rings (SSSR count). The third kappa shape index (κ3) is 3.01. The molecule has 0 aliphatic rings. The van der Waals surface area contributed by atoms with Crippen LogP contribution in [0, 0.1) is 6.92 Å². The van der Waals surface area contributed by atoms with E-state index in [-0.39, 0.29) is 27.8 Å². The Morgan fingerprint density at radius 1 is 0.870 bits per heavy atom. The van der Waals surface area contributed by atoms with E-state index in [2.05, 4.69) is 0 Å². The summed E-state index contributed by atoms with van der Waals surface area (Å²) in [5.74, 6) is -3.92. The molecule has 0 atom stereocenters. The topological polar surface area (TPSA) is 115 Å². The van der Waals surface area contributed by atoms with Crippen molar-refractivity contribution in [3.8, 4) is 0 Å². The molecule has 1 amide bonds. The van der Waals surface area contributed by atoms with Crippen molar-refractivity contribution in [3.63, 3.8) is 0 Å². The number of carboxylic acid groups (broad SMARTS) is 1. The molecule has 6 nitrogen and oxygen atoms in total. The maximum absolute atomic E-state index is 12.4. The second-order valence-corrected chi connectivity index (χ2v) is 4.85. The Kier molecular flexibility index (Phi) is 4.36. The van der Waals surface area contributed by atoms with Crippen LogP contribution in [0.3, 0.4) is 0 Å². The molecule has 116 valence electrons. The van der Waals surface area contributed by atoms with Crippen LogP contribution in [0.1, 0.15) is 47.0 Å². The number of nitrogens with two attached hydrogens (primary N) is 1. The first kappa shape index (κ1) is 16.1. The monoisotopic (exact) mass is 311 g/mol. The first-order chi connectivity index (χ1) is 10.8. The summed E-state index contributed by atoms with van der Waals surface area (Å²) < 4.78 is 0. The largest absolute Gasteiger partial charge is 0.478 e. The number of primary amides is 1. The van der Waals surface area contributed by atoms with Crippen LogP contribution >= 0.6 is 0 Å². The number of ketones is 2. The van der Waals surface area contributed by atoms with Gasteiger partial charge in [-0.25, -0.2) is 4.79 Å². The molecular formula is C17H13NO5. The SMILES string of the molecule is Cc1c(C(=O)O)ccc(C(=O)C(=O)c2ccccc2)c1C(N)=O. The average Bonchev–Trinajstić information content (AvgIpc) is 2.53. The molecule has 0 spiro atoms. The summed E-state index contributed by atoms with van der Waals surface area (Å²) in [6, 6.07) is 10.2. The summed E-state index contributed by atoms with van der Waals surface area (Å²) in [6.45, 7) is 1.37. The summed E-state index contributed by atoms with van der Waals surface area (Å²) in [5.41, 5.74) is 4.89. The van der Waals surface area contributed by atoms with E-state index in [1.54, 1.807) is 18.2 Å². The maximum atomic E-state index is 12.4. The number of hydrogen-bond acceptors (Lipinski definition) is 4. The van der Waals surface area contributed by atoms with Crippen molar-refractivity contribution in [2.24, 2.45) is 5.73 Å². The minimum absolute atomic E-state index is 0.0525. The van der Waals surface area contributed by atoms with Crippen LogP contribution in [0.2, 0.25) is 0 Å². The Labute approximate surface area is 131 Å². The maximum Gasteiger partial charge on any atom is 0.335 e. The Bertz CT molecular complexity index is 824. The van der Waals surface area contributed by atoms with E-state index in [4.69, 9.17) is 10.8 Å². The second kappa shape index (κ2) is 6.23. The second-order valence-electron chi connectivity index (χ2n) is 4.85. The predicted molar refractivity (Wildman–Crippen MR) is 81.8 cm³/mol. The van der Waals surface area contributed by atoms with E-state index in [1.165, 1.54) is 25.1 Å². The highest BCUT2D eigenvalue weighted by atomic mass is 16.4. The van der Waals surface area contributed by atoms with Gasteiger partial charge in [-0.15, -0.1) is 0 Å². The molecule has 0 aliphatic heterocycles. The normalized spacial score (nSPS) is 10.1. The van der Waals surface area contributed by atoms with Crippen molar-refractivity contribution in [1.29, 1.82) is 0 Å². The highest BCUT2D eigenvalue weighted by Crippen LogP contribution is 2.20. The molecule has 0 saturated heterocycles. The lowest BCUT2D eigenvalue weighted by Gasteiger charge is -2.11. The van der Waals surface area contributed by atoms with Gasteiger partial charge in [0, 0.05) is 11.1 Å². The Morgan fingerprint density at radius 2 is 1.43 bits per heavy atom. The summed E-state index contributed by atoms with van der Waals surface area (Å²) in [5, 5.41) is 9.08. The minimum Gasteiger partial charge on any atom is -0.478 e. The van der Waals surface area contributed by atoms with Gasteiger partial charge < -0.3 is 10.8 Å². The molecule has 3 N–H and O–H groups in total. The van der Waals surface area contributed by atoms with Crippen molar-refractivity contribution in [2.45, 2.75) is 6.92 Å². The molecule has 23 heavy (non-hydrogen) atoms. The predicted octanol–water partition coefficient (Wildman–Crippen LogP) is 1.86. The van der Waals surface area contributed by atoms with Crippen molar-refractivity contribution < 1.29 is 24.3 Å². The highest BCUT2D eigenvalue weighted by molar-refractivity contribution is 6.50. The van der Waals surface area contributed by atoms with Gasteiger partial charge in [0.2, 0.25) is 17.5 Å². The van der Waals surface area contributed by atoms with Gasteiger partial charge in [-0.05, 0) is 24.6 Å². The first-order valence-corrected chi connectivity index (χ1v) is 6.65.